The van der Waals surface area contributed by atoms with E-state index in [0.717, 1.165) is 12.2 Å². The quantitative estimate of drug-likeness (QED) is 0.325. The lowest BCUT2D eigenvalue weighted by atomic mass is 10.2. The molecule has 0 aliphatic heterocycles. The van der Waals surface area contributed by atoms with Crippen molar-refractivity contribution < 1.29 is 4.92 Å². The first-order valence-corrected chi connectivity index (χ1v) is 8.26. The van der Waals surface area contributed by atoms with Crippen LogP contribution in [0.15, 0.2) is 35.6 Å². The monoisotopic (exact) mass is 345 g/mol. The van der Waals surface area contributed by atoms with Crippen molar-refractivity contribution in [3.05, 3.63) is 52.1 Å². The Kier molecular flexibility index (Phi) is 6.87. The molecule has 2 N–H and O–H groups in total. The average molecular weight is 345 g/mol. The highest BCUT2D eigenvalue weighted by Crippen LogP contribution is 2.18. The molecule has 0 fully saturated rings. The first-order valence-electron chi connectivity index (χ1n) is 8.26. The summed E-state index contributed by atoms with van der Waals surface area (Å²) < 4.78 is 1.98. The van der Waals surface area contributed by atoms with E-state index >= 15 is 0 Å². The minimum absolute atomic E-state index is 0.0826. The molecule has 25 heavy (non-hydrogen) atoms. The number of aryl methyl sites for hydroxylation is 1. The maximum atomic E-state index is 11.1. The molecular weight excluding hydrogens is 322 g/mol. The molecule has 1 aromatic heterocycles. The fourth-order valence-corrected chi connectivity index (χ4v) is 2.36. The second kappa shape index (κ2) is 9.36. The predicted molar refractivity (Wildman–Crippen MR) is 95.3 cm³/mol. The van der Waals surface area contributed by atoms with E-state index in [0.29, 0.717) is 31.2 Å². The van der Waals surface area contributed by atoms with Gasteiger partial charge in [0.15, 0.2) is 5.96 Å². The van der Waals surface area contributed by atoms with Gasteiger partial charge in [-0.1, -0.05) is 25.1 Å². The Labute approximate surface area is 146 Å². The number of aliphatic imine (C=N–C) groups is 1. The number of para-hydroxylation sites is 1. The van der Waals surface area contributed by atoms with Gasteiger partial charge >= 0.3 is 0 Å². The zero-order valence-corrected chi connectivity index (χ0v) is 14.5. The molecule has 2 rings (SSSR count). The van der Waals surface area contributed by atoms with E-state index in [1.54, 1.807) is 24.5 Å². The molecule has 0 radical (unpaired) electrons. The number of benzene rings is 1. The van der Waals surface area contributed by atoms with Gasteiger partial charge in [0.25, 0.3) is 5.69 Å². The highest BCUT2D eigenvalue weighted by Gasteiger charge is 2.11. The van der Waals surface area contributed by atoms with E-state index in [-0.39, 0.29) is 17.2 Å². The van der Waals surface area contributed by atoms with Crippen LogP contribution < -0.4 is 10.6 Å². The molecule has 2 aromatic rings. The summed E-state index contributed by atoms with van der Waals surface area (Å²) in [5.74, 6) is 1.55. The lowest BCUT2D eigenvalue weighted by Crippen LogP contribution is -2.38. The standard InChI is InChI=1S/C16H23N7O2/c1-3-15-21-20-12-22(15)10-9-18-16(17-4-2)19-11-13-7-5-6-8-14(13)23(24)25/h5-8,12H,3-4,9-11H2,1-2H3,(H2,17,18,19). The van der Waals surface area contributed by atoms with Gasteiger partial charge in [0.1, 0.15) is 12.2 Å². The van der Waals surface area contributed by atoms with E-state index in [4.69, 9.17) is 0 Å². The van der Waals surface area contributed by atoms with Crippen molar-refractivity contribution >= 4 is 11.6 Å². The van der Waals surface area contributed by atoms with Crippen molar-refractivity contribution in [2.45, 2.75) is 33.4 Å². The topological polar surface area (TPSA) is 110 Å². The Hall–Kier alpha value is -2.97. The van der Waals surface area contributed by atoms with E-state index < -0.39 is 0 Å². The minimum Gasteiger partial charge on any atom is -0.357 e. The van der Waals surface area contributed by atoms with Gasteiger partial charge in [0.05, 0.1) is 17.0 Å². The number of hydrogen-bond acceptors (Lipinski definition) is 5. The molecule has 1 aromatic carbocycles. The molecule has 9 nitrogen and oxygen atoms in total. The summed E-state index contributed by atoms with van der Waals surface area (Å²) in [5, 5.41) is 25.4. The normalized spacial score (nSPS) is 11.4. The fourth-order valence-electron chi connectivity index (χ4n) is 2.36. The van der Waals surface area contributed by atoms with Gasteiger partial charge in [0.2, 0.25) is 0 Å². The molecule has 0 saturated carbocycles. The van der Waals surface area contributed by atoms with Crippen molar-refractivity contribution in [3.8, 4) is 0 Å². The summed E-state index contributed by atoms with van der Waals surface area (Å²) in [5.41, 5.74) is 0.663. The molecule has 0 amide bonds. The zero-order chi connectivity index (χ0) is 18.1. The number of nitro benzene ring substituents is 1. The van der Waals surface area contributed by atoms with Crippen molar-refractivity contribution in [2.24, 2.45) is 4.99 Å². The third kappa shape index (κ3) is 5.27. The van der Waals surface area contributed by atoms with Gasteiger partial charge in [-0.05, 0) is 6.92 Å². The van der Waals surface area contributed by atoms with E-state index in [1.165, 1.54) is 6.07 Å². The van der Waals surface area contributed by atoms with Crippen LogP contribution in [0.1, 0.15) is 25.2 Å². The lowest BCUT2D eigenvalue weighted by molar-refractivity contribution is -0.385. The van der Waals surface area contributed by atoms with Crippen LogP contribution in [0, 0.1) is 10.1 Å². The maximum absolute atomic E-state index is 11.1. The van der Waals surface area contributed by atoms with Gasteiger partial charge in [-0.25, -0.2) is 4.99 Å². The highest BCUT2D eigenvalue weighted by molar-refractivity contribution is 5.79. The SMILES string of the molecule is CCNC(=NCc1ccccc1[N+](=O)[O-])NCCn1cnnc1CC. The van der Waals surface area contributed by atoms with Gasteiger partial charge in [-0.2, -0.15) is 0 Å². The van der Waals surface area contributed by atoms with Gasteiger partial charge in [-0.15, -0.1) is 10.2 Å². The minimum atomic E-state index is -0.385. The van der Waals surface area contributed by atoms with Crippen LogP contribution in [0.25, 0.3) is 0 Å². The van der Waals surface area contributed by atoms with Crippen LogP contribution in [-0.2, 0) is 19.5 Å². The van der Waals surface area contributed by atoms with Crippen LogP contribution in [0.2, 0.25) is 0 Å². The van der Waals surface area contributed by atoms with Crippen LogP contribution >= 0.6 is 0 Å². The molecular formula is C16H23N7O2. The number of aromatic nitrogens is 3. The summed E-state index contributed by atoms with van der Waals surface area (Å²) >= 11 is 0. The lowest BCUT2D eigenvalue weighted by Gasteiger charge is -2.12. The van der Waals surface area contributed by atoms with Crippen molar-refractivity contribution in [1.82, 2.24) is 25.4 Å². The molecule has 134 valence electrons. The van der Waals surface area contributed by atoms with Crippen LogP contribution in [-0.4, -0.2) is 38.7 Å². The van der Waals surface area contributed by atoms with Crippen LogP contribution in [0.4, 0.5) is 5.69 Å². The molecule has 1 heterocycles. The van der Waals surface area contributed by atoms with Crippen molar-refractivity contribution in [1.29, 1.82) is 0 Å². The molecule has 0 bridgehead atoms. The molecule has 0 unspecified atom stereocenters. The summed E-state index contributed by atoms with van der Waals surface area (Å²) in [6.45, 7) is 6.30. The molecule has 0 atom stereocenters. The molecule has 0 saturated heterocycles. The second-order valence-corrected chi connectivity index (χ2v) is 5.30. The Bertz CT molecular complexity index is 727. The number of rotatable bonds is 8. The summed E-state index contributed by atoms with van der Waals surface area (Å²) in [4.78, 5) is 15.1. The van der Waals surface area contributed by atoms with E-state index in [2.05, 4.69) is 25.8 Å². The zero-order valence-electron chi connectivity index (χ0n) is 14.5. The van der Waals surface area contributed by atoms with Crippen molar-refractivity contribution in [3.63, 3.8) is 0 Å². The number of nitrogens with zero attached hydrogens (tertiary/aromatic N) is 5. The third-order valence-corrected chi connectivity index (χ3v) is 3.60. The van der Waals surface area contributed by atoms with Crippen LogP contribution in [0.5, 0.6) is 0 Å². The van der Waals surface area contributed by atoms with Gasteiger partial charge < -0.3 is 15.2 Å². The predicted octanol–water partition coefficient (Wildman–Crippen LogP) is 1.50. The third-order valence-electron chi connectivity index (χ3n) is 3.60. The number of hydrogen-bond donors (Lipinski definition) is 2. The summed E-state index contributed by atoms with van der Waals surface area (Å²) in [7, 11) is 0. The molecule has 0 aliphatic carbocycles. The van der Waals surface area contributed by atoms with Gasteiger partial charge in [0, 0.05) is 32.1 Å². The number of nitrogens with one attached hydrogen (secondary N) is 2. The summed E-state index contributed by atoms with van der Waals surface area (Å²) in [6.07, 6.45) is 2.53. The Morgan fingerprint density at radius 1 is 1.32 bits per heavy atom. The Morgan fingerprint density at radius 2 is 2.12 bits per heavy atom. The van der Waals surface area contributed by atoms with Crippen LogP contribution in [0.3, 0.4) is 0 Å². The molecule has 0 spiro atoms. The van der Waals surface area contributed by atoms with E-state index in [9.17, 15) is 10.1 Å². The maximum Gasteiger partial charge on any atom is 0.274 e. The smallest absolute Gasteiger partial charge is 0.274 e. The number of guanidine groups is 1. The van der Waals surface area contributed by atoms with Crippen molar-refractivity contribution in [2.75, 3.05) is 13.1 Å². The Balaban J connectivity index is 1.98. The van der Waals surface area contributed by atoms with Gasteiger partial charge in [-0.3, -0.25) is 10.1 Å². The first-order chi connectivity index (χ1) is 12.2. The fraction of sp³-hybridized carbons (Fsp3) is 0.438. The molecule has 9 heteroatoms. The highest BCUT2D eigenvalue weighted by atomic mass is 16.6. The molecule has 0 aliphatic rings. The average Bonchev–Trinajstić information content (AvgIpc) is 3.07. The number of nitro groups is 1. The Morgan fingerprint density at radius 3 is 2.84 bits per heavy atom. The second-order valence-electron chi connectivity index (χ2n) is 5.30. The first kappa shape index (κ1) is 18.4. The van der Waals surface area contributed by atoms with E-state index in [1.807, 2.05) is 18.4 Å². The summed E-state index contributed by atoms with van der Waals surface area (Å²) in [6, 6.07) is 6.63. The largest absolute Gasteiger partial charge is 0.357 e.